The molecule has 362 valence electrons. The molecule has 11 heteroatoms. The van der Waals surface area contributed by atoms with Gasteiger partial charge in [0.15, 0.2) is 0 Å². The first-order valence-corrected chi connectivity index (χ1v) is 24.4. The molecule has 0 spiro atoms. The number of aromatic nitrogens is 2. The highest BCUT2D eigenvalue weighted by Crippen LogP contribution is 2.45. The topological polar surface area (TPSA) is 153 Å². The van der Waals surface area contributed by atoms with Gasteiger partial charge in [-0.25, -0.2) is 0 Å². The maximum Gasteiger partial charge on any atom is 0.416 e. The van der Waals surface area contributed by atoms with Crippen molar-refractivity contribution in [1.82, 2.24) is 9.13 Å². The van der Waals surface area contributed by atoms with E-state index in [4.69, 9.17) is 0 Å². The number of rotatable bonds is 7. The lowest BCUT2D eigenvalue weighted by Crippen LogP contribution is -2.07. The Labute approximate surface area is 444 Å². The summed E-state index contributed by atoms with van der Waals surface area (Å²) < 4.78 is 47.3. The maximum absolute atomic E-state index is 14.5. The predicted molar refractivity (Wildman–Crippen MR) is 296 cm³/mol. The van der Waals surface area contributed by atoms with E-state index < -0.39 is 11.7 Å². The van der Waals surface area contributed by atoms with Gasteiger partial charge in [-0.15, -0.1) is 0 Å². The number of fused-ring (bicyclic) bond motifs is 6. The van der Waals surface area contributed by atoms with E-state index >= 15 is 0 Å². The molecule has 0 N–H and O–H groups in total. The standard InChI is InChI=1S/C67H33F3N8/c68-67(69,70)54-21-22-55(52(27-54)38-75)60-33-65(77-61-23-17-48(44-9-1-40(34-71)2-10-44)28-56(61)57-29-49(18-24-62(57)77)45-11-3-41(35-72)4-12-45)53(39-76)32-66(60)78-63-25-19-50(46-13-5-42(36-73)6-14-46)30-58(63)59-31-51(20-26-64(59)78)47-15-7-43(37-74)8-16-47/h1-33H. The molecular weight excluding hydrogens is 974 g/mol. The predicted octanol–water partition coefficient (Wildman–Crippen LogP) is 16.5. The van der Waals surface area contributed by atoms with Crippen molar-refractivity contribution in [2.75, 3.05) is 0 Å². The fourth-order valence-corrected chi connectivity index (χ4v) is 10.5. The van der Waals surface area contributed by atoms with Crippen LogP contribution in [0.1, 0.15) is 38.9 Å². The van der Waals surface area contributed by atoms with Crippen LogP contribution in [0.5, 0.6) is 0 Å². The summed E-state index contributed by atoms with van der Waals surface area (Å²) in [6.45, 7) is 0. The summed E-state index contributed by atoms with van der Waals surface area (Å²) in [6.07, 6.45) is -4.74. The molecule has 0 saturated heterocycles. The van der Waals surface area contributed by atoms with E-state index in [1.54, 1.807) is 60.7 Å². The maximum atomic E-state index is 14.5. The lowest BCUT2D eigenvalue weighted by atomic mass is 9.94. The molecule has 0 atom stereocenters. The highest BCUT2D eigenvalue weighted by atomic mass is 19.4. The molecule has 8 nitrogen and oxygen atoms in total. The van der Waals surface area contributed by atoms with Gasteiger partial charge in [0.05, 0.1) is 103 Å². The Morgan fingerprint density at radius 1 is 0.282 bits per heavy atom. The van der Waals surface area contributed by atoms with Crippen molar-refractivity contribution in [2.45, 2.75) is 6.18 Å². The molecule has 0 bridgehead atoms. The van der Waals surface area contributed by atoms with Crippen molar-refractivity contribution in [2.24, 2.45) is 0 Å². The quantitative estimate of drug-likeness (QED) is 0.155. The molecule has 0 unspecified atom stereocenters. The zero-order valence-corrected chi connectivity index (χ0v) is 40.8. The zero-order chi connectivity index (χ0) is 53.8. The highest BCUT2D eigenvalue weighted by Gasteiger charge is 2.32. The summed E-state index contributed by atoms with van der Waals surface area (Å²) in [4.78, 5) is 0. The molecular formula is C67H33F3N8. The normalized spacial score (nSPS) is 11.2. The van der Waals surface area contributed by atoms with Gasteiger partial charge in [-0.1, -0.05) is 78.9 Å². The van der Waals surface area contributed by atoms with E-state index in [0.29, 0.717) is 61.3 Å². The third kappa shape index (κ3) is 8.08. The third-order valence-electron chi connectivity index (χ3n) is 14.4. The van der Waals surface area contributed by atoms with Crippen LogP contribution in [-0.4, -0.2) is 9.13 Å². The minimum Gasteiger partial charge on any atom is -0.309 e. The van der Waals surface area contributed by atoms with E-state index in [1.165, 1.54) is 6.07 Å². The van der Waals surface area contributed by atoms with Crippen LogP contribution in [0.15, 0.2) is 200 Å². The van der Waals surface area contributed by atoms with Crippen molar-refractivity contribution >= 4 is 43.6 Å². The lowest BCUT2D eigenvalue weighted by molar-refractivity contribution is -0.137. The van der Waals surface area contributed by atoms with Crippen molar-refractivity contribution in [3.05, 3.63) is 239 Å². The van der Waals surface area contributed by atoms with Crippen LogP contribution in [0.25, 0.3) is 111 Å². The molecule has 78 heavy (non-hydrogen) atoms. The average Bonchev–Trinajstić information content (AvgIpc) is 4.20. The summed E-state index contributed by atoms with van der Waals surface area (Å²) in [5, 5.41) is 63.7. The van der Waals surface area contributed by atoms with E-state index in [1.807, 2.05) is 118 Å². The Hall–Kier alpha value is -11.5. The highest BCUT2D eigenvalue weighted by molar-refractivity contribution is 6.14. The van der Waals surface area contributed by atoms with Crippen LogP contribution in [0, 0.1) is 68.0 Å². The summed E-state index contributed by atoms with van der Waals surface area (Å²) in [5.41, 5.74) is 12.2. The van der Waals surface area contributed by atoms with Gasteiger partial charge in [-0.3, -0.25) is 0 Å². The summed E-state index contributed by atoms with van der Waals surface area (Å²) in [5.74, 6) is 0. The SMILES string of the molecule is N#Cc1ccc(-c2ccc3c(c2)c2cc(-c4ccc(C#N)cc4)ccc2n3-c2cc(-c3ccc(C(F)(F)F)cc3C#N)c(-n3c4ccc(-c5ccc(C#N)cc5)cc4c4cc(-c5ccc(C#N)cc5)ccc43)cc2C#N)cc1. The van der Waals surface area contributed by atoms with Crippen molar-refractivity contribution < 1.29 is 13.2 Å². The molecule has 0 saturated carbocycles. The van der Waals surface area contributed by atoms with Gasteiger partial charge in [-0.2, -0.15) is 44.7 Å². The van der Waals surface area contributed by atoms with Gasteiger partial charge in [0, 0.05) is 32.7 Å². The molecule has 2 aromatic heterocycles. The Morgan fingerprint density at radius 2 is 0.603 bits per heavy atom. The number of alkyl halides is 3. The van der Waals surface area contributed by atoms with E-state index in [0.717, 1.165) is 78.2 Å². The van der Waals surface area contributed by atoms with E-state index in [9.17, 15) is 44.7 Å². The molecule has 10 aromatic carbocycles. The Kier molecular flexibility index (Phi) is 11.4. The van der Waals surface area contributed by atoms with Crippen LogP contribution in [0.4, 0.5) is 13.2 Å². The Morgan fingerprint density at radius 3 is 0.910 bits per heavy atom. The second kappa shape index (κ2) is 18.8. The van der Waals surface area contributed by atoms with Crippen molar-refractivity contribution in [1.29, 1.82) is 31.6 Å². The second-order valence-electron chi connectivity index (χ2n) is 18.7. The Bertz CT molecular complexity index is 4520. The number of benzene rings is 10. The first kappa shape index (κ1) is 47.5. The average molecular weight is 1010 g/mol. The van der Waals surface area contributed by atoms with E-state index in [-0.39, 0.29) is 16.7 Å². The second-order valence-corrected chi connectivity index (χ2v) is 18.7. The summed E-state index contributed by atoms with van der Waals surface area (Å²) in [6, 6.07) is 72.8. The van der Waals surface area contributed by atoms with Gasteiger partial charge in [0.2, 0.25) is 0 Å². The molecule has 0 radical (unpaired) electrons. The molecule has 0 aliphatic rings. The molecule has 0 fully saturated rings. The number of hydrogen-bond donors (Lipinski definition) is 0. The zero-order valence-electron chi connectivity index (χ0n) is 40.8. The number of nitriles is 6. The van der Waals surface area contributed by atoms with Gasteiger partial charge in [0.1, 0.15) is 6.07 Å². The Balaban J connectivity index is 1.16. The minimum atomic E-state index is -4.74. The molecule has 0 amide bonds. The van der Waals surface area contributed by atoms with Crippen LogP contribution in [0.3, 0.4) is 0 Å². The monoisotopic (exact) mass is 1010 g/mol. The third-order valence-corrected chi connectivity index (χ3v) is 14.4. The fourth-order valence-electron chi connectivity index (χ4n) is 10.5. The minimum absolute atomic E-state index is 0.205. The van der Waals surface area contributed by atoms with Crippen molar-refractivity contribution in [3.8, 4) is 103 Å². The smallest absolute Gasteiger partial charge is 0.309 e. The van der Waals surface area contributed by atoms with Gasteiger partial charge in [0.25, 0.3) is 0 Å². The molecule has 12 aromatic rings. The fraction of sp³-hybridized carbons (Fsp3) is 0.0149. The first-order valence-electron chi connectivity index (χ1n) is 24.4. The van der Waals surface area contributed by atoms with Crippen LogP contribution < -0.4 is 0 Å². The largest absolute Gasteiger partial charge is 0.416 e. The van der Waals surface area contributed by atoms with Gasteiger partial charge in [-0.05, 0) is 166 Å². The van der Waals surface area contributed by atoms with Gasteiger partial charge < -0.3 is 9.13 Å². The molecule has 0 aliphatic heterocycles. The molecule has 0 aliphatic carbocycles. The van der Waals surface area contributed by atoms with Crippen molar-refractivity contribution in [3.63, 3.8) is 0 Å². The first-order chi connectivity index (χ1) is 38.0. The van der Waals surface area contributed by atoms with Gasteiger partial charge >= 0.3 is 6.18 Å². The number of halogens is 3. The molecule has 12 rings (SSSR count). The van der Waals surface area contributed by atoms with Crippen LogP contribution in [-0.2, 0) is 6.18 Å². The molecule has 2 heterocycles. The lowest BCUT2D eigenvalue weighted by Gasteiger charge is -2.20. The number of nitrogens with zero attached hydrogens (tertiary/aromatic N) is 8. The number of hydrogen-bond acceptors (Lipinski definition) is 6. The van der Waals surface area contributed by atoms with Crippen LogP contribution in [0.2, 0.25) is 0 Å². The van der Waals surface area contributed by atoms with Crippen LogP contribution >= 0.6 is 0 Å². The summed E-state index contributed by atoms with van der Waals surface area (Å²) in [7, 11) is 0. The summed E-state index contributed by atoms with van der Waals surface area (Å²) >= 11 is 0. The van der Waals surface area contributed by atoms with E-state index in [2.05, 4.69) is 48.5 Å².